The maximum atomic E-state index is 12.7. The van der Waals surface area contributed by atoms with Crippen molar-refractivity contribution < 1.29 is 4.79 Å². The summed E-state index contributed by atoms with van der Waals surface area (Å²) in [6.45, 7) is 9.83. The number of nitrogens with zero attached hydrogens (tertiary/aromatic N) is 4. The number of carbonyl (C=O) groups is 1. The minimum absolute atomic E-state index is 0.263. The molecule has 0 spiro atoms. The predicted molar refractivity (Wildman–Crippen MR) is 106 cm³/mol. The maximum Gasteiger partial charge on any atom is 0.222 e. The van der Waals surface area contributed by atoms with Gasteiger partial charge in [-0.3, -0.25) is 9.48 Å². The lowest BCUT2D eigenvalue weighted by Gasteiger charge is -2.25. The topological polar surface area (TPSA) is 41.4 Å². The highest BCUT2D eigenvalue weighted by molar-refractivity contribution is 5.76. The molecule has 5 heteroatoms. The Hall–Kier alpha value is -2.30. The second-order valence-corrected chi connectivity index (χ2v) is 7.28. The first kappa shape index (κ1) is 18.5. The van der Waals surface area contributed by atoms with Crippen LogP contribution in [-0.2, 0) is 18.3 Å². The lowest BCUT2D eigenvalue weighted by atomic mass is 10.1. The van der Waals surface area contributed by atoms with Gasteiger partial charge in [0.25, 0.3) is 0 Å². The molecule has 1 aliphatic heterocycles. The van der Waals surface area contributed by atoms with E-state index in [0.717, 1.165) is 50.4 Å². The average Bonchev–Trinajstić information content (AvgIpc) is 2.81. The monoisotopic (exact) mass is 354 g/mol. The van der Waals surface area contributed by atoms with Gasteiger partial charge >= 0.3 is 0 Å². The molecule has 1 saturated heterocycles. The largest absolute Gasteiger partial charge is 0.369 e. The van der Waals surface area contributed by atoms with E-state index in [1.165, 1.54) is 16.8 Å². The van der Waals surface area contributed by atoms with Gasteiger partial charge in [0.1, 0.15) is 0 Å². The number of hydrogen-bond donors (Lipinski definition) is 0. The Morgan fingerprint density at radius 2 is 1.85 bits per heavy atom. The van der Waals surface area contributed by atoms with Gasteiger partial charge in [0, 0.05) is 51.0 Å². The molecule has 26 heavy (non-hydrogen) atoms. The van der Waals surface area contributed by atoms with Gasteiger partial charge in [0.05, 0.1) is 5.69 Å². The van der Waals surface area contributed by atoms with Crippen molar-refractivity contribution in [3.05, 3.63) is 46.8 Å². The summed E-state index contributed by atoms with van der Waals surface area (Å²) in [6.07, 6.45) is 2.37. The first-order chi connectivity index (χ1) is 12.5. The maximum absolute atomic E-state index is 12.7. The quantitative estimate of drug-likeness (QED) is 0.847. The van der Waals surface area contributed by atoms with Crippen LogP contribution in [0.1, 0.15) is 35.4 Å². The average molecular weight is 354 g/mol. The first-order valence-corrected chi connectivity index (χ1v) is 9.55. The molecule has 0 N–H and O–H groups in total. The molecule has 2 aromatic rings. The third kappa shape index (κ3) is 3.92. The van der Waals surface area contributed by atoms with E-state index in [1.54, 1.807) is 0 Å². The minimum Gasteiger partial charge on any atom is -0.369 e. The number of aryl methyl sites for hydroxylation is 3. The minimum atomic E-state index is 0.263. The zero-order valence-corrected chi connectivity index (χ0v) is 16.5. The van der Waals surface area contributed by atoms with Crippen LogP contribution >= 0.6 is 0 Å². The highest BCUT2D eigenvalue weighted by Gasteiger charge is 2.20. The van der Waals surface area contributed by atoms with Gasteiger partial charge in [-0.2, -0.15) is 5.10 Å². The molecular formula is C21H30N4O. The number of anilines is 1. The van der Waals surface area contributed by atoms with E-state index in [-0.39, 0.29) is 5.91 Å². The summed E-state index contributed by atoms with van der Waals surface area (Å²) in [7, 11) is 1.96. The Morgan fingerprint density at radius 1 is 1.08 bits per heavy atom. The van der Waals surface area contributed by atoms with Crippen LogP contribution in [0.25, 0.3) is 0 Å². The fourth-order valence-electron chi connectivity index (χ4n) is 3.90. The van der Waals surface area contributed by atoms with E-state index in [9.17, 15) is 4.79 Å². The lowest BCUT2D eigenvalue weighted by molar-refractivity contribution is -0.130. The van der Waals surface area contributed by atoms with Crippen LogP contribution in [0, 0.1) is 20.8 Å². The van der Waals surface area contributed by atoms with Crippen molar-refractivity contribution in [2.75, 3.05) is 31.1 Å². The van der Waals surface area contributed by atoms with Crippen LogP contribution in [-0.4, -0.2) is 46.8 Å². The van der Waals surface area contributed by atoms with E-state index in [2.05, 4.69) is 48.1 Å². The molecule has 0 radical (unpaired) electrons. The molecule has 1 aromatic heterocycles. The summed E-state index contributed by atoms with van der Waals surface area (Å²) in [5.41, 5.74) is 6.02. The molecule has 1 amide bonds. The van der Waals surface area contributed by atoms with Crippen LogP contribution in [0.4, 0.5) is 5.69 Å². The fourth-order valence-corrected chi connectivity index (χ4v) is 3.90. The van der Waals surface area contributed by atoms with Crippen LogP contribution in [0.2, 0.25) is 0 Å². The zero-order chi connectivity index (χ0) is 18.7. The Bertz CT molecular complexity index is 780. The number of amides is 1. The van der Waals surface area contributed by atoms with Crippen molar-refractivity contribution >= 4 is 11.6 Å². The first-order valence-electron chi connectivity index (χ1n) is 9.55. The highest BCUT2D eigenvalue weighted by atomic mass is 16.2. The predicted octanol–water partition coefficient (Wildman–Crippen LogP) is 3.02. The van der Waals surface area contributed by atoms with Crippen molar-refractivity contribution in [3.63, 3.8) is 0 Å². The Labute approximate surface area is 156 Å². The second-order valence-electron chi connectivity index (χ2n) is 7.28. The standard InChI is InChI=1S/C21H30N4O/c1-16-8-5-6-9-20(16)24-12-7-13-25(15-14-24)21(26)11-10-19-17(2)22-23(4)18(19)3/h5-6,8-9H,7,10-15H2,1-4H3. The van der Waals surface area contributed by atoms with Crippen LogP contribution in [0.3, 0.4) is 0 Å². The smallest absolute Gasteiger partial charge is 0.222 e. The van der Waals surface area contributed by atoms with Crippen molar-refractivity contribution in [1.82, 2.24) is 14.7 Å². The molecule has 2 heterocycles. The van der Waals surface area contributed by atoms with Crippen molar-refractivity contribution in [3.8, 4) is 0 Å². The molecule has 1 aromatic carbocycles. The summed E-state index contributed by atoms with van der Waals surface area (Å²) in [4.78, 5) is 17.2. The van der Waals surface area contributed by atoms with Gasteiger partial charge in [-0.05, 0) is 50.8 Å². The van der Waals surface area contributed by atoms with E-state index in [1.807, 2.05) is 23.6 Å². The third-order valence-electron chi connectivity index (χ3n) is 5.55. The molecule has 0 bridgehead atoms. The van der Waals surface area contributed by atoms with Crippen LogP contribution in [0.5, 0.6) is 0 Å². The number of carbonyl (C=O) groups excluding carboxylic acids is 1. The molecule has 1 fully saturated rings. The van der Waals surface area contributed by atoms with Gasteiger partial charge < -0.3 is 9.80 Å². The van der Waals surface area contributed by atoms with Gasteiger partial charge in [0.15, 0.2) is 0 Å². The number of para-hydroxylation sites is 1. The van der Waals surface area contributed by atoms with Crippen LogP contribution < -0.4 is 4.90 Å². The lowest BCUT2D eigenvalue weighted by Crippen LogP contribution is -2.35. The number of benzene rings is 1. The third-order valence-corrected chi connectivity index (χ3v) is 5.55. The fraction of sp³-hybridized carbons (Fsp3) is 0.524. The molecule has 0 atom stereocenters. The second kappa shape index (κ2) is 7.94. The normalized spacial score (nSPS) is 15.2. The summed E-state index contributed by atoms with van der Waals surface area (Å²) in [5.74, 6) is 0.263. The summed E-state index contributed by atoms with van der Waals surface area (Å²) >= 11 is 0. The highest BCUT2D eigenvalue weighted by Crippen LogP contribution is 2.21. The summed E-state index contributed by atoms with van der Waals surface area (Å²) < 4.78 is 1.90. The van der Waals surface area contributed by atoms with Gasteiger partial charge in [-0.1, -0.05) is 18.2 Å². The molecular weight excluding hydrogens is 324 g/mol. The summed E-state index contributed by atoms with van der Waals surface area (Å²) in [6, 6.07) is 8.51. The van der Waals surface area contributed by atoms with E-state index < -0.39 is 0 Å². The SMILES string of the molecule is Cc1ccccc1N1CCCN(C(=O)CCc2c(C)nn(C)c2C)CC1. The van der Waals surface area contributed by atoms with Gasteiger partial charge in [-0.25, -0.2) is 0 Å². The van der Waals surface area contributed by atoms with E-state index in [4.69, 9.17) is 0 Å². The molecule has 0 aliphatic carbocycles. The zero-order valence-electron chi connectivity index (χ0n) is 16.5. The molecule has 140 valence electrons. The van der Waals surface area contributed by atoms with Gasteiger partial charge in [0.2, 0.25) is 5.91 Å². The number of aromatic nitrogens is 2. The van der Waals surface area contributed by atoms with Crippen molar-refractivity contribution in [2.45, 2.75) is 40.0 Å². The molecule has 3 rings (SSSR count). The van der Waals surface area contributed by atoms with Crippen molar-refractivity contribution in [2.24, 2.45) is 7.05 Å². The molecule has 0 unspecified atom stereocenters. The molecule has 1 aliphatic rings. The molecule has 5 nitrogen and oxygen atoms in total. The Balaban J connectivity index is 1.58. The number of hydrogen-bond acceptors (Lipinski definition) is 3. The number of rotatable bonds is 4. The molecule has 0 saturated carbocycles. The van der Waals surface area contributed by atoms with Gasteiger partial charge in [-0.15, -0.1) is 0 Å². The summed E-state index contributed by atoms with van der Waals surface area (Å²) in [5, 5.41) is 4.45. The Kier molecular flexibility index (Phi) is 5.64. The van der Waals surface area contributed by atoms with E-state index >= 15 is 0 Å². The van der Waals surface area contributed by atoms with Crippen LogP contribution in [0.15, 0.2) is 24.3 Å². The Morgan fingerprint density at radius 3 is 2.54 bits per heavy atom. The van der Waals surface area contributed by atoms with Crippen molar-refractivity contribution in [1.29, 1.82) is 0 Å². The van der Waals surface area contributed by atoms with E-state index in [0.29, 0.717) is 6.42 Å².